The smallest absolute Gasteiger partial charge is 0.183 e. The summed E-state index contributed by atoms with van der Waals surface area (Å²) < 4.78 is 6.80. The molecule has 86 valence electrons. The zero-order valence-electron chi connectivity index (χ0n) is 10.0. The van der Waals surface area contributed by atoms with Gasteiger partial charge >= 0.3 is 0 Å². The second-order valence-electron chi connectivity index (χ2n) is 3.67. The molecule has 0 saturated heterocycles. The van der Waals surface area contributed by atoms with Gasteiger partial charge in [0.2, 0.25) is 0 Å². The Balaban J connectivity index is 2.65. The first-order valence-electron chi connectivity index (χ1n) is 5.38. The minimum Gasteiger partial charge on any atom is -0.494 e. The first kappa shape index (κ1) is 11.2. The number of fused-ring (bicyclic) bond motifs is 1. The number of nitrogens with one attached hydrogen (secondary N) is 1. The Bertz CT molecular complexity index is 519. The second kappa shape index (κ2) is 4.29. The highest BCUT2D eigenvalue weighted by Crippen LogP contribution is 2.34. The van der Waals surface area contributed by atoms with Crippen molar-refractivity contribution < 1.29 is 4.74 Å². The van der Waals surface area contributed by atoms with E-state index in [2.05, 4.69) is 30.2 Å². The van der Waals surface area contributed by atoms with Crippen LogP contribution in [0, 0.1) is 13.8 Å². The molecule has 2 rings (SSSR count). The molecule has 0 spiro atoms. The van der Waals surface area contributed by atoms with E-state index in [0.29, 0.717) is 6.61 Å². The molecule has 1 aromatic heterocycles. The number of aromatic nitrogens is 1. The number of ether oxygens (including phenoxy) is 1. The highest BCUT2D eigenvalue weighted by atomic mass is 32.1. The third-order valence-corrected chi connectivity index (χ3v) is 3.74. The predicted octanol–water partition coefficient (Wildman–Crippen LogP) is 3.35. The van der Waals surface area contributed by atoms with Gasteiger partial charge in [0, 0.05) is 7.05 Å². The molecule has 1 heterocycles. The van der Waals surface area contributed by atoms with Crippen molar-refractivity contribution in [3.63, 3.8) is 0 Å². The highest BCUT2D eigenvalue weighted by Gasteiger charge is 2.11. The number of thiazole rings is 1. The molecule has 3 nitrogen and oxygen atoms in total. The van der Waals surface area contributed by atoms with Gasteiger partial charge in [-0.25, -0.2) is 4.98 Å². The van der Waals surface area contributed by atoms with Crippen LogP contribution in [0.3, 0.4) is 0 Å². The molecule has 0 atom stereocenters. The van der Waals surface area contributed by atoms with Crippen LogP contribution in [-0.4, -0.2) is 18.6 Å². The van der Waals surface area contributed by atoms with Crippen molar-refractivity contribution in [3.05, 3.63) is 17.2 Å². The van der Waals surface area contributed by atoms with Gasteiger partial charge in [-0.15, -0.1) is 0 Å². The summed E-state index contributed by atoms with van der Waals surface area (Å²) in [5, 5.41) is 4.03. The number of benzene rings is 1. The molecule has 1 N–H and O–H groups in total. The number of anilines is 1. The Morgan fingerprint density at radius 1 is 1.38 bits per heavy atom. The number of hydrogen-bond acceptors (Lipinski definition) is 4. The van der Waals surface area contributed by atoms with E-state index in [1.54, 1.807) is 11.3 Å². The fourth-order valence-electron chi connectivity index (χ4n) is 1.70. The van der Waals surface area contributed by atoms with Crippen LogP contribution in [0.1, 0.15) is 18.1 Å². The quantitative estimate of drug-likeness (QED) is 0.887. The van der Waals surface area contributed by atoms with Gasteiger partial charge in [-0.3, -0.25) is 0 Å². The van der Waals surface area contributed by atoms with Gasteiger partial charge in [0.25, 0.3) is 0 Å². The zero-order chi connectivity index (χ0) is 11.7. The summed E-state index contributed by atoms with van der Waals surface area (Å²) in [7, 11) is 1.89. The monoisotopic (exact) mass is 236 g/mol. The van der Waals surface area contributed by atoms with E-state index in [4.69, 9.17) is 4.74 Å². The minimum atomic E-state index is 0.698. The maximum atomic E-state index is 5.63. The molecule has 0 aliphatic heterocycles. The molecule has 0 bridgehead atoms. The minimum absolute atomic E-state index is 0.698. The molecular weight excluding hydrogens is 220 g/mol. The normalized spacial score (nSPS) is 10.8. The fourth-order valence-corrected chi connectivity index (χ4v) is 2.61. The summed E-state index contributed by atoms with van der Waals surface area (Å²) in [6.07, 6.45) is 0. The van der Waals surface area contributed by atoms with Crippen LogP contribution >= 0.6 is 11.3 Å². The molecule has 0 unspecified atom stereocenters. The standard InChI is InChI=1S/C12H16N2OS/c1-5-15-9-6-10-11(8(3)7(9)2)14-12(13-4)16-10/h6H,5H2,1-4H3,(H,13,14). The van der Waals surface area contributed by atoms with Gasteiger partial charge in [0.15, 0.2) is 5.13 Å². The Morgan fingerprint density at radius 2 is 2.12 bits per heavy atom. The molecule has 4 heteroatoms. The van der Waals surface area contributed by atoms with Gasteiger partial charge in [-0.05, 0) is 38.0 Å². The summed E-state index contributed by atoms with van der Waals surface area (Å²) in [5.41, 5.74) is 3.47. The van der Waals surface area contributed by atoms with Crippen molar-refractivity contribution in [1.82, 2.24) is 4.98 Å². The maximum absolute atomic E-state index is 5.63. The van der Waals surface area contributed by atoms with Crippen LogP contribution < -0.4 is 10.1 Å². The number of nitrogens with zero attached hydrogens (tertiary/aromatic N) is 1. The molecule has 16 heavy (non-hydrogen) atoms. The average Bonchev–Trinajstić information content (AvgIpc) is 2.69. The topological polar surface area (TPSA) is 34.1 Å². The van der Waals surface area contributed by atoms with E-state index in [0.717, 1.165) is 16.4 Å². The number of rotatable bonds is 3. The van der Waals surface area contributed by atoms with Crippen LogP contribution in [0.4, 0.5) is 5.13 Å². The summed E-state index contributed by atoms with van der Waals surface area (Å²) >= 11 is 1.66. The van der Waals surface area contributed by atoms with Crippen LogP contribution in [0.25, 0.3) is 10.2 Å². The molecular formula is C12H16N2OS. The van der Waals surface area contributed by atoms with E-state index >= 15 is 0 Å². The second-order valence-corrected chi connectivity index (χ2v) is 4.70. The summed E-state index contributed by atoms with van der Waals surface area (Å²) in [4.78, 5) is 4.54. The Morgan fingerprint density at radius 3 is 2.75 bits per heavy atom. The molecule has 0 saturated carbocycles. The lowest BCUT2D eigenvalue weighted by Gasteiger charge is -2.09. The number of hydrogen-bond donors (Lipinski definition) is 1. The van der Waals surface area contributed by atoms with Crippen LogP contribution in [-0.2, 0) is 0 Å². The van der Waals surface area contributed by atoms with Crippen LogP contribution in [0.15, 0.2) is 6.07 Å². The Hall–Kier alpha value is -1.29. The summed E-state index contributed by atoms with van der Waals surface area (Å²) in [6, 6.07) is 2.08. The van der Waals surface area contributed by atoms with Gasteiger partial charge in [0.1, 0.15) is 5.75 Å². The first-order valence-corrected chi connectivity index (χ1v) is 6.20. The molecule has 0 aliphatic carbocycles. The lowest BCUT2D eigenvalue weighted by Crippen LogP contribution is -1.96. The third-order valence-electron chi connectivity index (χ3n) is 2.72. The Labute approximate surface area is 99.5 Å². The van der Waals surface area contributed by atoms with E-state index in [1.165, 1.54) is 15.8 Å². The van der Waals surface area contributed by atoms with E-state index in [9.17, 15) is 0 Å². The van der Waals surface area contributed by atoms with E-state index < -0.39 is 0 Å². The van der Waals surface area contributed by atoms with Crippen molar-refractivity contribution in [2.24, 2.45) is 0 Å². The van der Waals surface area contributed by atoms with Crippen molar-refractivity contribution in [3.8, 4) is 5.75 Å². The van der Waals surface area contributed by atoms with Gasteiger partial charge < -0.3 is 10.1 Å². The lowest BCUT2D eigenvalue weighted by atomic mass is 10.1. The molecule has 2 aromatic rings. The molecule has 0 amide bonds. The van der Waals surface area contributed by atoms with Gasteiger partial charge in [0.05, 0.1) is 16.8 Å². The van der Waals surface area contributed by atoms with E-state index in [1.807, 2.05) is 14.0 Å². The molecule has 1 aromatic carbocycles. The molecule has 0 radical (unpaired) electrons. The van der Waals surface area contributed by atoms with Crippen LogP contribution in [0.2, 0.25) is 0 Å². The molecule has 0 aliphatic rings. The highest BCUT2D eigenvalue weighted by molar-refractivity contribution is 7.22. The van der Waals surface area contributed by atoms with Gasteiger partial charge in [-0.1, -0.05) is 11.3 Å². The summed E-state index contributed by atoms with van der Waals surface area (Å²) in [6.45, 7) is 6.88. The fraction of sp³-hybridized carbons (Fsp3) is 0.417. The zero-order valence-corrected chi connectivity index (χ0v) is 10.9. The SMILES string of the molecule is CCOc1cc2sc(NC)nc2c(C)c1C. The molecule has 0 fully saturated rings. The average molecular weight is 236 g/mol. The van der Waals surface area contributed by atoms with E-state index in [-0.39, 0.29) is 0 Å². The third kappa shape index (κ3) is 1.73. The van der Waals surface area contributed by atoms with Gasteiger partial charge in [-0.2, -0.15) is 0 Å². The van der Waals surface area contributed by atoms with Crippen molar-refractivity contribution >= 4 is 26.7 Å². The lowest BCUT2D eigenvalue weighted by molar-refractivity contribution is 0.338. The predicted molar refractivity (Wildman–Crippen MR) is 69.8 cm³/mol. The van der Waals surface area contributed by atoms with Crippen LogP contribution in [0.5, 0.6) is 5.75 Å². The Kier molecular flexibility index (Phi) is 3.01. The number of aryl methyl sites for hydroxylation is 1. The van der Waals surface area contributed by atoms with Crippen molar-refractivity contribution in [2.75, 3.05) is 19.0 Å². The maximum Gasteiger partial charge on any atom is 0.183 e. The van der Waals surface area contributed by atoms with Crippen molar-refractivity contribution in [1.29, 1.82) is 0 Å². The van der Waals surface area contributed by atoms with Crippen molar-refractivity contribution in [2.45, 2.75) is 20.8 Å². The summed E-state index contributed by atoms with van der Waals surface area (Å²) in [5.74, 6) is 0.971. The first-order chi connectivity index (χ1) is 7.67. The largest absolute Gasteiger partial charge is 0.494 e.